The van der Waals surface area contributed by atoms with Crippen molar-refractivity contribution in [1.82, 2.24) is 4.98 Å². The average Bonchev–Trinajstić information content (AvgIpc) is 3.29. The zero-order chi connectivity index (χ0) is 25.0. The van der Waals surface area contributed by atoms with E-state index in [1.807, 2.05) is 37.3 Å². The second kappa shape index (κ2) is 13.7. The van der Waals surface area contributed by atoms with Crippen molar-refractivity contribution >= 4 is 40.1 Å². The number of thioether (sulfide) groups is 1. The van der Waals surface area contributed by atoms with Crippen LogP contribution in [-0.4, -0.2) is 49.0 Å². The van der Waals surface area contributed by atoms with Crippen LogP contribution in [0.5, 0.6) is 11.5 Å². The molecule has 3 aromatic rings. The first-order valence-electron chi connectivity index (χ1n) is 11.0. The third-order valence-corrected chi connectivity index (χ3v) is 6.55. The molecule has 3 rings (SSSR count). The Labute approximate surface area is 213 Å². The number of ether oxygens (including phenoxy) is 4. The third-order valence-electron chi connectivity index (χ3n) is 4.47. The minimum atomic E-state index is -0.351. The van der Waals surface area contributed by atoms with E-state index in [0.717, 1.165) is 9.77 Å². The van der Waals surface area contributed by atoms with E-state index in [1.165, 1.54) is 23.1 Å². The zero-order valence-electron chi connectivity index (χ0n) is 19.8. The number of carbonyl (C=O) groups is 2. The van der Waals surface area contributed by atoms with Gasteiger partial charge >= 0.3 is 5.97 Å². The minimum Gasteiger partial charge on any atom is -0.489 e. The first-order chi connectivity index (χ1) is 17.0. The van der Waals surface area contributed by atoms with Crippen molar-refractivity contribution in [2.75, 3.05) is 31.4 Å². The lowest BCUT2D eigenvalue weighted by atomic mass is 10.2. The van der Waals surface area contributed by atoms with Crippen LogP contribution < -0.4 is 14.8 Å². The smallest absolute Gasteiger partial charge is 0.316 e. The van der Waals surface area contributed by atoms with E-state index in [1.54, 1.807) is 38.4 Å². The van der Waals surface area contributed by atoms with Crippen LogP contribution in [0.2, 0.25) is 0 Å². The molecule has 0 aliphatic rings. The van der Waals surface area contributed by atoms with E-state index in [2.05, 4.69) is 10.3 Å². The fourth-order valence-electron chi connectivity index (χ4n) is 2.98. The predicted molar refractivity (Wildman–Crippen MR) is 137 cm³/mol. The largest absolute Gasteiger partial charge is 0.489 e. The van der Waals surface area contributed by atoms with Crippen LogP contribution >= 0.6 is 23.1 Å². The SMILES string of the molecule is CCOC(=O)CSc1cnc(NC(=O)c2cc(OCc3ccccc3)cc(O[C@@H](C)COC)c2)s1. The Balaban J connectivity index is 1.71. The lowest BCUT2D eigenvalue weighted by molar-refractivity contribution is -0.139. The molecule has 0 unspecified atom stereocenters. The van der Waals surface area contributed by atoms with Crippen LogP contribution in [0.3, 0.4) is 0 Å². The Kier molecular flexibility index (Phi) is 10.4. The molecule has 35 heavy (non-hydrogen) atoms. The van der Waals surface area contributed by atoms with Crippen LogP contribution in [-0.2, 0) is 20.9 Å². The van der Waals surface area contributed by atoms with Gasteiger partial charge in [-0.25, -0.2) is 4.98 Å². The molecule has 1 atom stereocenters. The molecule has 8 nitrogen and oxygen atoms in total. The molecule has 0 saturated carbocycles. The number of esters is 1. The highest BCUT2D eigenvalue weighted by Crippen LogP contribution is 2.30. The molecule has 0 fully saturated rings. The molecular formula is C25H28N2O6S2. The predicted octanol–water partition coefficient (Wildman–Crippen LogP) is 5.04. The number of nitrogens with one attached hydrogen (secondary N) is 1. The van der Waals surface area contributed by atoms with Crippen molar-refractivity contribution in [2.45, 2.75) is 30.8 Å². The maximum Gasteiger partial charge on any atom is 0.316 e. The van der Waals surface area contributed by atoms with Crippen LogP contribution in [0.1, 0.15) is 29.8 Å². The van der Waals surface area contributed by atoms with Gasteiger partial charge in [0, 0.05) is 18.7 Å². The van der Waals surface area contributed by atoms with Gasteiger partial charge in [-0.2, -0.15) is 0 Å². The Morgan fingerprint density at radius 1 is 1.14 bits per heavy atom. The average molecular weight is 517 g/mol. The molecule has 1 N–H and O–H groups in total. The number of carbonyl (C=O) groups excluding carboxylic acids is 2. The topological polar surface area (TPSA) is 96.0 Å². The van der Waals surface area contributed by atoms with Gasteiger partial charge in [-0.1, -0.05) is 41.7 Å². The third kappa shape index (κ3) is 8.89. The molecule has 1 aromatic heterocycles. The Bertz CT molecular complexity index is 1110. The van der Waals surface area contributed by atoms with Gasteiger partial charge in [0.1, 0.15) is 24.2 Å². The van der Waals surface area contributed by atoms with Gasteiger partial charge in [0.15, 0.2) is 5.13 Å². The zero-order valence-corrected chi connectivity index (χ0v) is 21.4. The summed E-state index contributed by atoms with van der Waals surface area (Å²) in [6.45, 7) is 4.74. The highest BCUT2D eigenvalue weighted by atomic mass is 32.2. The standard InChI is InChI=1S/C25H28N2O6S2/c1-4-31-22(28)16-34-23-13-26-25(35-23)27-24(29)19-10-20(32-15-18-8-6-5-7-9-18)12-21(11-19)33-17(2)14-30-3/h5-13,17H,4,14-16H2,1-3H3,(H,26,27,29)/t17-/m0/s1. The first-order valence-corrected chi connectivity index (χ1v) is 12.8. The van der Waals surface area contributed by atoms with E-state index in [9.17, 15) is 9.59 Å². The Morgan fingerprint density at radius 3 is 2.66 bits per heavy atom. The van der Waals surface area contributed by atoms with Crippen molar-refractivity contribution in [1.29, 1.82) is 0 Å². The fraction of sp³-hybridized carbons (Fsp3) is 0.320. The van der Waals surface area contributed by atoms with E-state index in [4.69, 9.17) is 18.9 Å². The number of amides is 1. The molecule has 0 bridgehead atoms. The van der Waals surface area contributed by atoms with E-state index >= 15 is 0 Å². The molecule has 0 saturated heterocycles. The van der Waals surface area contributed by atoms with Crippen molar-refractivity contribution < 1.29 is 28.5 Å². The number of anilines is 1. The molecule has 2 aromatic carbocycles. The molecule has 10 heteroatoms. The number of methoxy groups -OCH3 is 1. The van der Waals surface area contributed by atoms with E-state index < -0.39 is 0 Å². The van der Waals surface area contributed by atoms with Gasteiger partial charge < -0.3 is 18.9 Å². The molecule has 186 valence electrons. The molecule has 0 spiro atoms. The summed E-state index contributed by atoms with van der Waals surface area (Å²) in [5.41, 5.74) is 1.37. The van der Waals surface area contributed by atoms with Crippen LogP contribution in [0.4, 0.5) is 5.13 Å². The lowest BCUT2D eigenvalue weighted by Crippen LogP contribution is -2.18. The molecular weight excluding hydrogens is 488 g/mol. The van der Waals surface area contributed by atoms with Gasteiger partial charge in [-0.05, 0) is 31.5 Å². The van der Waals surface area contributed by atoms with Crippen molar-refractivity contribution in [3.63, 3.8) is 0 Å². The van der Waals surface area contributed by atoms with Crippen molar-refractivity contribution in [3.8, 4) is 11.5 Å². The molecule has 0 radical (unpaired) electrons. The summed E-state index contributed by atoms with van der Waals surface area (Å²) in [6, 6.07) is 14.8. The number of hydrogen-bond acceptors (Lipinski definition) is 9. The molecule has 1 heterocycles. The van der Waals surface area contributed by atoms with Crippen molar-refractivity contribution in [3.05, 3.63) is 65.9 Å². The second-order valence-corrected chi connectivity index (χ2v) is 9.69. The minimum absolute atomic E-state index is 0.185. The number of nitrogens with zero attached hydrogens (tertiary/aromatic N) is 1. The summed E-state index contributed by atoms with van der Waals surface area (Å²) in [4.78, 5) is 28.8. The number of hydrogen-bond donors (Lipinski definition) is 1. The van der Waals surface area contributed by atoms with Gasteiger partial charge in [-0.15, -0.1) is 11.8 Å². The number of rotatable bonds is 13. The molecule has 0 aliphatic carbocycles. The molecule has 1 amide bonds. The second-order valence-electron chi connectivity index (χ2n) is 7.38. The lowest BCUT2D eigenvalue weighted by Gasteiger charge is -2.16. The Morgan fingerprint density at radius 2 is 1.91 bits per heavy atom. The maximum absolute atomic E-state index is 13.0. The quantitative estimate of drug-likeness (QED) is 0.249. The normalized spacial score (nSPS) is 11.5. The summed E-state index contributed by atoms with van der Waals surface area (Å²) < 4.78 is 22.7. The van der Waals surface area contributed by atoms with Crippen LogP contribution in [0, 0.1) is 0 Å². The summed E-state index contributed by atoms with van der Waals surface area (Å²) >= 11 is 2.59. The number of aromatic nitrogens is 1. The maximum atomic E-state index is 13.0. The van der Waals surface area contributed by atoms with Gasteiger partial charge in [0.05, 0.1) is 29.4 Å². The molecule has 0 aliphatic heterocycles. The first kappa shape index (κ1) is 26.5. The summed E-state index contributed by atoms with van der Waals surface area (Å²) in [5.74, 6) is 0.542. The summed E-state index contributed by atoms with van der Waals surface area (Å²) in [5, 5.41) is 3.22. The van der Waals surface area contributed by atoms with Gasteiger partial charge in [0.25, 0.3) is 5.91 Å². The summed E-state index contributed by atoms with van der Waals surface area (Å²) in [7, 11) is 1.60. The van der Waals surface area contributed by atoms with E-state index in [0.29, 0.717) is 42.0 Å². The van der Waals surface area contributed by atoms with Crippen molar-refractivity contribution in [2.24, 2.45) is 0 Å². The van der Waals surface area contributed by atoms with Crippen LogP contribution in [0.25, 0.3) is 0 Å². The Hall–Kier alpha value is -3.08. The number of thiazole rings is 1. The van der Waals surface area contributed by atoms with Gasteiger partial charge in [-0.3, -0.25) is 14.9 Å². The van der Waals surface area contributed by atoms with E-state index in [-0.39, 0.29) is 23.7 Å². The van der Waals surface area contributed by atoms with Gasteiger partial charge in [0.2, 0.25) is 0 Å². The fourth-order valence-corrected chi connectivity index (χ4v) is 4.65. The highest BCUT2D eigenvalue weighted by molar-refractivity contribution is 8.01. The number of benzene rings is 2. The van der Waals surface area contributed by atoms with Crippen LogP contribution in [0.15, 0.2) is 58.9 Å². The monoisotopic (exact) mass is 516 g/mol. The highest BCUT2D eigenvalue weighted by Gasteiger charge is 2.15. The summed E-state index contributed by atoms with van der Waals surface area (Å²) in [6.07, 6.45) is 1.41.